The van der Waals surface area contributed by atoms with Crippen LogP contribution in [0.25, 0.3) is 0 Å². The van der Waals surface area contributed by atoms with Gasteiger partial charge in [0.15, 0.2) is 0 Å². The molecule has 0 unspecified atom stereocenters. The van der Waals surface area contributed by atoms with Gasteiger partial charge in [0.25, 0.3) is 0 Å². The molecule has 2 saturated heterocycles. The summed E-state index contributed by atoms with van der Waals surface area (Å²) in [4.78, 5) is 18.0. The van der Waals surface area contributed by atoms with Crippen LogP contribution in [-0.2, 0) is 22.5 Å². The first kappa shape index (κ1) is 15.9. The van der Waals surface area contributed by atoms with E-state index >= 15 is 0 Å². The van der Waals surface area contributed by atoms with Gasteiger partial charge in [-0.25, -0.2) is 0 Å². The first-order valence-corrected chi connectivity index (χ1v) is 9.32. The van der Waals surface area contributed by atoms with Crippen molar-refractivity contribution in [3.8, 4) is 0 Å². The second-order valence-electron chi connectivity index (χ2n) is 6.54. The fourth-order valence-corrected chi connectivity index (χ4v) is 4.30. The minimum absolute atomic E-state index is 0.166. The van der Waals surface area contributed by atoms with Crippen molar-refractivity contribution < 1.29 is 13.9 Å². The number of hydrogen-bond acceptors (Lipinski definition) is 5. The molecule has 6 heteroatoms. The molecule has 4 heterocycles. The number of thiophene rings is 1. The lowest BCUT2D eigenvalue weighted by molar-refractivity contribution is -0.130. The van der Waals surface area contributed by atoms with Crippen LogP contribution in [0.5, 0.6) is 0 Å². The quantitative estimate of drug-likeness (QED) is 0.852. The Balaban J connectivity index is 1.36. The van der Waals surface area contributed by atoms with Crippen molar-refractivity contribution in [3.05, 3.63) is 46.5 Å². The number of carbonyl (C=O) groups excluding carboxylic acids is 1. The van der Waals surface area contributed by atoms with Crippen LogP contribution in [0, 0.1) is 5.92 Å². The van der Waals surface area contributed by atoms with Crippen molar-refractivity contribution >= 4 is 17.2 Å². The second-order valence-corrected chi connectivity index (χ2v) is 7.57. The molecule has 0 bridgehead atoms. The third-order valence-electron chi connectivity index (χ3n) is 4.83. The van der Waals surface area contributed by atoms with E-state index in [2.05, 4.69) is 4.90 Å². The number of likely N-dealkylation sites (tertiary alicyclic amines) is 1. The molecule has 0 saturated carbocycles. The molecule has 2 aliphatic heterocycles. The lowest BCUT2D eigenvalue weighted by Gasteiger charge is -2.22. The highest BCUT2D eigenvalue weighted by Gasteiger charge is 2.38. The van der Waals surface area contributed by atoms with E-state index in [1.165, 1.54) is 0 Å². The van der Waals surface area contributed by atoms with Crippen molar-refractivity contribution in [3.63, 3.8) is 0 Å². The summed E-state index contributed by atoms with van der Waals surface area (Å²) < 4.78 is 11.5. The summed E-state index contributed by atoms with van der Waals surface area (Å²) in [6, 6.07) is 7.96. The Hall–Kier alpha value is -1.63. The van der Waals surface area contributed by atoms with Crippen molar-refractivity contribution in [2.45, 2.75) is 19.1 Å². The Morgan fingerprint density at radius 2 is 2.21 bits per heavy atom. The van der Waals surface area contributed by atoms with Gasteiger partial charge in [0.1, 0.15) is 5.76 Å². The zero-order valence-electron chi connectivity index (χ0n) is 13.6. The first-order valence-electron chi connectivity index (χ1n) is 8.44. The fraction of sp³-hybridized carbons (Fsp3) is 0.500. The molecular formula is C18H22N2O3S. The smallest absolute Gasteiger partial charge is 0.227 e. The molecule has 2 aromatic rings. The molecule has 0 aromatic carbocycles. The van der Waals surface area contributed by atoms with Gasteiger partial charge in [0.2, 0.25) is 5.91 Å². The van der Waals surface area contributed by atoms with Crippen LogP contribution in [0.4, 0.5) is 0 Å². The van der Waals surface area contributed by atoms with E-state index in [0.29, 0.717) is 12.3 Å². The van der Waals surface area contributed by atoms with Crippen molar-refractivity contribution in [2.75, 3.05) is 32.8 Å². The van der Waals surface area contributed by atoms with E-state index in [1.807, 2.05) is 34.5 Å². The molecule has 0 radical (unpaired) electrons. The maximum atomic E-state index is 12.5. The zero-order valence-corrected chi connectivity index (χ0v) is 14.4. The van der Waals surface area contributed by atoms with E-state index in [-0.39, 0.29) is 12.0 Å². The van der Waals surface area contributed by atoms with Gasteiger partial charge in [-0.05, 0) is 23.6 Å². The van der Waals surface area contributed by atoms with E-state index in [4.69, 9.17) is 9.15 Å². The van der Waals surface area contributed by atoms with Crippen LogP contribution >= 0.6 is 11.3 Å². The molecule has 2 atom stereocenters. The molecule has 1 amide bonds. The average molecular weight is 346 g/mol. The van der Waals surface area contributed by atoms with Gasteiger partial charge in [-0.2, -0.15) is 0 Å². The highest BCUT2D eigenvalue weighted by atomic mass is 32.1. The first-order chi connectivity index (χ1) is 11.8. The Kier molecular flexibility index (Phi) is 4.69. The topological polar surface area (TPSA) is 45.9 Å². The van der Waals surface area contributed by atoms with Crippen molar-refractivity contribution in [1.29, 1.82) is 0 Å². The molecule has 4 rings (SSSR count). The molecule has 5 nitrogen and oxygen atoms in total. The fourth-order valence-electron chi connectivity index (χ4n) is 3.61. The maximum Gasteiger partial charge on any atom is 0.227 e. The predicted molar refractivity (Wildman–Crippen MR) is 91.8 cm³/mol. The summed E-state index contributed by atoms with van der Waals surface area (Å²) >= 11 is 1.64. The monoisotopic (exact) mass is 346 g/mol. The molecular weight excluding hydrogens is 324 g/mol. The second kappa shape index (κ2) is 7.09. The number of hydrogen-bond donors (Lipinski definition) is 0. The Morgan fingerprint density at radius 1 is 1.25 bits per heavy atom. The van der Waals surface area contributed by atoms with Gasteiger partial charge < -0.3 is 14.1 Å². The number of rotatable bonds is 4. The van der Waals surface area contributed by atoms with E-state index in [0.717, 1.165) is 50.0 Å². The highest BCUT2D eigenvalue weighted by Crippen LogP contribution is 2.25. The Bertz CT molecular complexity index is 656. The summed E-state index contributed by atoms with van der Waals surface area (Å²) in [6.07, 6.45) is 2.39. The standard InChI is InChI=1S/C18H22N2O3S/c21-18(9-16-4-2-8-24-16)20-11-14-10-19(5-7-23-17(14)13-20)12-15-3-1-6-22-15/h1-4,6,8,14,17H,5,7,9-13H2/t14-,17+/m0/s1. The molecule has 2 fully saturated rings. The maximum absolute atomic E-state index is 12.5. The lowest BCUT2D eigenvalue weighted by Crippen LogP contribution is -2.34. The van der Waals surface area contributed by atoms with Gasteiger partial charge in [0.05, 0.1) is 31.9 Å². The molecule has 2 aromatic heterocycles. The summed E-state index contributed by atoms with van der Waals surface area (Å²) in [5.74, 6) is 1.58. The summed E-state index contributed by atoms with van der Waals surface area (Å²) in [5.41, 5.74) is 0. The molecule has 0 N–H and O–H groups in total. The van der Waals surface area contributed by atoms with Crippen LogP contribution < -0.4 is 0 Å². The van der Waals surface area contributed by atoms with E-state index in [9.17, 15) is 4.79 Å². The normalized spacial score (nSPS) is 24.8. The minimum atomic E-state index is 0.166. The highest BCUT2D eigenvalue weighted by molar-refractivity contribution is 7.10. The number of carbonyl (C=O) groups is 1. The van der Waals surface area contributed by atoms with Crippen molar-refractivity contribution in [2.24, 2.45) is 5.92 Å². The molecule has 2 aliphatic rings. The average Bonchev–Trinajstić information content (AvgIpc) is 3.29. The molecule has 0 spiro atoms. The molecule has 128 valence electrons. The third-order valence-corrected chi connectivity index (χ3v) is 5.71. The summed E-state index contributed by atoms with van der Waals surface area (Å²) in [7, 11) is 0. The Morgan fingerprint density at radius 3 is 3.00 bits per heavy atom. The van der Waals surface area contributed by atoms with Gasteiger partial charge in [-0.3, -0.25) is 9.69 Å². The zero-order chi connectivity index (χ0) is 16.4. The van der Waals surface area contributed by atoms with Crippen LogP contribution in [-0.4, -0.2) is 54.6 Å². The van der Waals surface area contributed by atoms with E-state index < -0.39 is 0 Å². The number of fused-ring (bicyclic) bond motifs is 1. The van der Waals surface area contributed by atoms with Gasteiger partial charge in [0, 0.05) is 37.0 Å². The van der Waals surface area contributed by atoms with Crippen LogP contribution in [0.15, 0.2) is 40.3 Å². The lowest BCUT2D eigenvalue weighted by atomic mass is 10.1. The van der Waals surface area contributed by atoms with Crippen LogP contribution in [0.2, 0.25) is 0 Å². The van der Waals surface area contributed by atoms with Gasteiger partial charge in [-0.1, -0.05) is 6.07 Å². The number of amides is 1. The predicted octanol–water partition coefficient (Wildman–Crippen LogP) is 2.24. The molecule has 24 heavy (non-hydrogen) atoms. The van der Waals surface area contributed by atoms with Gasteiger partial charge in [-0.15, -0.1) is 11.3 Å². The number of ether oxygens (including phenoxy) is 1. The van der Waals surface area contributed by atoms with Crippen LogP contribution in [0.3, 0.4) is 0 Å². The SMILES string of the molecule is O=C(Cc1cccs1)N1C[C@@H]2CN(Cc3ccco3)CCO[C@@H]2C1. The van der Waals surface area contributed by atoms with Crippen LogP contribution in [0.1, 0.15) is 10.6 Å². The summed E-state index contributed by atoms with van der Waals surface area (Å²) in [5, 5.41) is 2.02. The van der Waals surface area contributed by atoms with Gasteiger partial charge >= 0.3 is 0 Å². The summed E-state index contributed by atoms with van der Waals surface area (Å²) in [6.45, 7) is 4.91. The van der Waals surface area contributed by atoms with E-state index in [1.54, 1.807) is 17.6 Å². The number of furan rings is 1. The third kappa shape index (κ3) is 3.55. The molecule has 0 aliphatic carbocycles. The Labute approximate surface area is 145 Å². The number of nitrogens with zero attached hydrogens (tertiary/aromatic N) is 2. The van der Waals surface area contributed by atoms with Crippen molar-refractivity contribution in [1.82, 2.24) is 9.80 Å². The largest absolute Gasteiger partial charge is 0.468 e. The minimum Gasteiger partial charge on any atom is -0.468 e.